The van der Waals surface area contributed by atoms with Gasteiger partial charge in [0.25, 0.3) is 0 Å². The van der Waals surface area contributed by atoms with Gasteiger partial charge in [-0.2, -0.15) is 0 Å². The van der Waals surface area contributed by atoms with Gasteiger partial charge in [-0.1, -0.05) is 0 Å². The molecule has 6 atom stereocenters. The summed E-state index contributed by atoms with van der Waals surface area (Å²) in [4.78, 5) is 11.8. The molecule has 0 aromatic rings. The number of methoxy groups -OCH3 is 1. The number of carbonyl (C=O) groups excluding carboxylic acids is 1. The fraction of sp³-hybridized carbons (Fsp3) is 0.917. The Morgan fingerprint density at radius 2 is 1.32 bits per heavy atom. The zero-order chi connectivity index (χ0) is 15.0. The lowest BCUT2D eigenvalue weighted by molar-refractivity contribution is -0.241. The van der Waals surface area contributed by atoms with Gasteiger partial charge in [0.15, 0.2) is 6.10 Å². The number of ether oxygens (including phenoxy) is 2. The van der Waals surface area contributed by atoms with Gasteiger partial charge in [0.2, 0.25) is 0 Å². The largest absolute Gasteiger partial charge is 0.456 e. The molecule has 1 aliphatic rings. The van der Waals surface area contributed by atoms with Gasteiger partial charge in [-0.25, -0.2) is 0 Å². The lowest BCUT2D eigenvalue weighted by Gasteiger charge is -2.43. The van der Waals surface area contributed by atoms with Gasteiger partial charge < -0.3 is 29.9 Å². The van der Waals surface area contributed by atoms with E-state index < -0.39 is 48.0 Å². The third-order valence-electron chi connectivity index (χ3n) is 3.17. The third kappa shape index (κ3) is 3.24. The van der Waals surface area contributed by atoms with Crippen molar-refractivity contribution in [2.24, 2.45) is 5.41 Å². The number of esters is 1. The standard InChI is InChI=1S/C12H22O7/c1-12(2,3)11(17)19-10-8(16)6(14)5(13)7(15)9(10)18-4/h5-10,13-16H,1-4H3. The van der Waals surface area contributed by atoms with E-state index in [1.165, 1.54) is 7.11 Å². The molecule has 1 rings (SSSR count). The first-order valence-corrected chi connectivity index (χ1v) is 6.07. The summed E-state index contributed by atoms with van der Waals surface area (Å²) in [6.07, 6.45) is -8.52. The van der Waals surface area contributed by atoms with Gasteiger partial charge in [0.1, 0.15) is 30.5 Å². The van der Waals surface area contributed by atoms with Crippen molar-refractivity contribution in [3.05, 3.63) is 0 Å². The van der Waals surface area contributed by atoms with Gasteiger partial charge in [-0.3, -0.25) is 4.79 Å². The maximum absolute atomic E-state index is 11.8. The summed E-state index contributed by atoms with van der Waals surface area (Å²) < 4.78 is 10.1. The van der Waals surface area contributed by atoms with E-state index in [2.05, 4.69) is 0 Å². The minimum atomic E-state index is -1.61. The van der Waals surface area contributed by atoms with Crippen LogP contribution in [0.2, 0.25) is 0 Å². The summed E-state index contributed by atoms with van der Waals surface area (Å²) in [5.74, 6) is -0.602. The Labute approximate surface area is 111 Å². The highest BCUT2D eigenvalue weighted by Crippen LogP contribution is 2.28. The minimum Gasteiger partial charge on any atom is -0.456 e. The summed E-state index contributed by atoms with van der Waals surface area (Å²) in [5.41, 5.74) is -0.802. The molecule has 0 heterocycles. The second kappa shape index (κ2) is 5.72. The fourth-order valence-corrected chi connectivity index (χ4v) is 1.89. The summed E-state index contributed by atoms with van der Waals surface area (Å²) in [7, 11) is 1.25. The van der Waals surface area contributed by atoms with Crippen molar-refractivity contribution in [3.8, 4) is 0 Å². The van der Waals surface area contributed by atoms with Gasteiger partial charge in [-0.15, -0.1) is 0 Å². The summed E-state index contributed by atoms with van der Waals surface area (Å²) >= 11 is 0. The zero-order valence-electron chi connectivity index (χ0n) is 11.5. The SMILES string of the molecule is COC1C(O)C(O)C(O)C(O)C1OC(=O)C(C)(C)C. The molecule has 0 saturated heterocycles. The molecule has 112 valence electrons. The van der Waals surface area contributed by atoms with Gasteiger partial charge in [0, 0.05) is 7.11 Å². The number of aliphatic hydroxyl groups is 4. The van der Waals surface area contributed by atoms with Crippen LogP contribution in [0.15, 0.2) is 0 Å². The van der Waals surface area contributed by atoms with Crippen molar-refractivity contribution in [2.45, 2.75) is 57.4 Å². The van der Waals surface area contributed by atoms with E-state index in [1.54, 1.807) is 20.8 Å². The Morgan fingerprint density at radius 3 is 1.68 bits per heavy atom. The highest BCUT2D eigenvalue weighted by atomic mass is 16.6. The second-order valence-electron chi connectivity index (χ2n) is 5.78. The molecule has 6 unspecified atom stereocenters. The lowest BCUT2D eigenvalue weighted by atomic mass is 9.84. The van der Waals surface area contributed by atoms with E-state index in [0.717, 1.165) is 0 Å². The van der Waals surface area contributed by atoms with Crippen LogP contribution in [-0.2, 0) is 14.3 Å². The first-order valence-electron chi connectivity index (χ1n) is 6.07. The molecule has 0 radical (unpaired) electrons. The Balaban J connectivity index is 2.92. The zero-order valence-corrected chi connectivity index (χ0v) is 11.5. The molecule has 1 fully saturated rings. The van der Waals surface area contributed by atoms with Gasteiger partial charge in [0.05, 0.1) is 5.41 Å². The van der Waals surface area contributed by atoms with Crippen molar-refractivity contribution in [1.82, 2.24) is 0 Å². The minimum absolute atomic E-state index is 0.602. The first-order chi connectivity index (χ1) is 8.61. The predicted octanol–water partition coefficient (Wildman–Crippen LogP) is -1.58. The Hall–Kier alpha value is -0.730. The van der Waals surface area contributed by atoms with Crippen LogP contribution in [0.5, 0.6) is 0 Å². The lowest BCUT2D eigenvalue weighted by Crippen LogP contribution is -2.65. The normalized spacial score (nSPS) is 40.0. The molecule has 7 nitrogen and oxygen atoms in total. The van der Waals surface area contributed by atoms with E-state index in [1.807, 2.05) is 0 Å². The van der Waals surface area contributed by atoms with Crippen LogP contribution in [0.4, 0.5) is 0 Å². The molecular formula is C12H22O7. The van der Waals surface area contributed by atoms with Crippen LogP contribution in [-0.4, -0.2) is 70.1 Å². The van der Waals surface area contributed by atoms with Crippen molar-refractivity contribution in [3.63, 3.8) is 0 Å². The Bertz CT molecular complexity index is 325. The molecule has 4 N–H and O–H groups in total. The van der Waals surface area contributed by atoms with Crippen molar-refractivity contribution >= 4 is 5.97 Å². The quantitative estimate of drug-likeness (QED) is 0.450. The molecule has 0 aromatic heterocycles. The summed E-state index contributed by atoms with van der Waals surface area (Å²) in [5, 5.41) is 38.8. The average Bonchev–Trinajstić information content (AvgIpc) is 2.32. The summed E-state index contributed by atoms with van der Waals surface area (Å²) in [6.45, 7) is 4.90. The van der Waals surface area contributed by atoms with E-state index in [0.29, 0.717) is 0 Å². The molecule has 0 bridgehead atoms. The number of carbonyl (C=O) groups is 1. The van der Waals surface area contributed by atoms with Crippen LogP contribution in [0.1, 0.15) is 20.8 Å². The van der Waals surface area contributed by atoms with Crippen LogP contribution in [0, 0.1) is 5.41 Å². The molecule has 0 aromatic carbocycles. The Kier molecular flexibility index (Phi) is 4.91. The van der Waals surface area contributed by atoms with Crippen LogP contribution in [0.3, 0.4) is 0 Å². The van der Waals surface area contributed by atoms with Gasteiger partial charge >= 0.3 is 5.97 Å². The van der Waals surface area contributed by atoms with Crippen LogP contribution >= 0.6 is 0 Å². The molecule has 0 aliphatic heterocycles. The van der Waals surface area contributed by atoms with Crippen molar-refractivity contribution in [1.29, 1.82) is 0 Å². The molecule has 1 saturated carbocycles. The average molecular weight is 278 g/mol. The topological polar surface area (TPSA) is 116 Å². The molecule has 19 heavy (non-hydrogen) atoms. The first kappa shape index (κ1) is 16.3. The van der Waals surface area contributed by atoms with Crippen molar-refractivity contribution in [2.75, 3.05) is 7.11 Å². The monoisotopic (exact) mass is 278 g/mol. The van der Waals surface area contributed by atoms with E-state index in [9.17, 15) is 25.2 Å². The maximum atomic E-state index is 11.8. The van der Waals surface area contributed by atoms with Crippen LogP contribution in [0.25, 0.3) is 0 Å². The predicted molar refractivity (Wildman–Crippen MR) is 64.2 cm³/mol. The Morgan fingerprint density at radius 1 is 0.895 bits per heavy atom. The summed E-state index contributed by atoms with van der Waals surface area (Å²) in [6, 6.07) is 0. The highest BCUT2D eigenvalue weighted by Gasteiger charge is 2.51. The third-order valence-corrected chi connectivity index (χ3v) is 3.17. The molecule has 0 amide bonds. The number of rotatable bonds is 2. The number of hydrogen-bond donors (Lipinski definition) is 4. The number of aliphatic hydroxyl groups excluding tert-OH is 4. The highest BCUT2D eigenvalue weighted by molar-refractivity contribution is 5.75. The molecule has 1 aliphatic carbocycles. The molecular weight excluding hydrogens is 256 g/mol. The van der Waals surface area contributed by atoms with E-state index >= 15 is 0 Å². The van der Waals surface area contributed by atoms with E-state index in [-0.39, 0.29) is 0 Å². The second-order valence-corrected chi connectivity index (χ2v) is 5.78. The van der Waals surface area contributed by atoms with E-state index in [4.69, 9.17) is 9.47 Å². The van der Waals surface area contributed by atoms with Crippen molar-refractivity contribution < 1.29 is 34.7 Å². The fourth-order valence-electron chi connectivity index (χ4n) is 1.89. The van der Waals surface area contributed by atoms with Gasteiger partial charge in [-0.05, 0) is 20.8 Å². The maximum Gasteiger partial charge on any atom is 0.311 e. The molecule has 0 spiro atoms. The van der Waals surface area contributed by atoms with Crippen LogP contribution < -0.4 is 0 Å². The number of hydrogen-bond acceptors (Lipinski definition) is 7. The molecule has 7 heteroatoms. The smallest absolute Gasteiger partial charge is 0.311 e.